The Bertz CT molecular complexity index is 576. The summed E-state index contributed by atoms with van der Waals surface area (Å²) in [5, 5.41) is 8.91. The van der Waals surface area contributed by atoms with Crippen LogP contribution in [-0.2, 0) is 20.3 Å². The van der Waals surface area contributed by atoms with Gasteiger partial charge in [-0.15, -0.1) is 0 Å². The fraction of sp³-hybridized carbons (Fsp3) is 0.231. The highest BCUT2D eigenvalue weighted by Crippen LogP contribution is 2.08. The molecule has 18 heavy (non-hydrogen) atoms. The third-order valence-corrected chi connectivity index (χ3v) is 2.54. The number of nitrogens with zero attached hydrogens (tertiary/aromatic N) is 2. The SMILES string of the molecule is Cn1ccc(OCc2ccc(CO)cc2)nc1=O. The summed E-state index contributed by atoms with van der Waals surface area (Å²) >= 11 is 0. The van der Waals surface area contributed by atoms with Crippen LogP contribution in [0.5, 0.6) is 5.88 Å². The smallest absolute Gasteiger partial charge is 0.350 e. The van der Waals surface area contributed by atoms with Gasteiger partial charge in [-0.1, -0.05) is 24.3 Å². The molecule has 0 spiro atoms. The normalized spacial score (nSPS) is 10.3. The number of aryl methyl sites for hydroxylation is 1. The molecule has 0 aliphatic rings. The number of rotatable bonds is 4. The van der Waals surface area contributed by atoms with E-state index in [1.54, 1.807) is 19.3 Å². The van der Waals surface area contributed by atoms with Crippen LogP contribution < -0.4 is 10.4 Å². The van der Waals surface area contributed by atoms with E-state index in [-0.39, 0.29) is 12.3 Å². The van der Waals surface area contributed by atoms with Gasteiger partial charge in [-0.25, -0.2) is 4.79 Å². The molecule has 1 aromatic heterocycles. The Hall–Kier alpha value is -2.14. The Morgan fingerprint density at radius 1 is 1.22 bits per heavy atom. The first kappa shape index (κ1) is 12.3. The molecule has 1 heterocycles. The van der Waals surface area contributed by atoms with Crippen molar-refractivity contribution >= 4 is 0 Å². The lowest BCUT2D eigenvalue weighted by atomic mass is 10.1. The fourth-order valence-electron chi connectivity index (χ4n) is 1.43. The molecule has 0 amide bonds. The topological polar surface area (TPSA) is 64.3 Å². The maximum absolute atomic E-state index is 11.3. The first-order valence-corrected chi connectivity index (χ1v) is 5.54. The second-order valence-electron chi connectivity index (χ2n) is 3.92. The van der Waals surface area contributed by atoms with E-state index in [9.17, 15) is 4.79 Å². The summed E-state index contributed by atoms with van der Waals surface area (Å²) in [5.41, 5.74) is 1.46. The predicted octanol–water partition coefficient (Wildman–Crippen LogP) is 0.852. The molecule has 0 bridgehead atoms. The number of aromatic nitrogens is 2. The molecule has 94 valence electrons. The fourth-order valence-corrected chi connectivity index (χ4v) is 1.43. The summed E-state index contributed by atoms with van der Waals surface area (Å²) in [6.45, 7) is 0.364. The third kappa shape index (κ3) is 2.95. The van der Waals surface area contributed by atoms with Gasteiger partial charge in [-0.3, -0.25) is 0 Å². The van der Waals surface area contributed by atoms with Gasteiger partial charge in [0.2, 0.25) is 5.88 Å². The number of aliphatic hydroxyl groups excluding tert-OH is 1. The largest absolute Gasteiger partial charge is 0.473 e. The minimum absolute atomic E-state index is 0.0252. The van der Waals surface area contributed by atoms with Crippen molar-refractivity contribution in [1.82, 2.24) is 9.55 Å². The first-order valence-electron chi connectivity index (χ1n) is 5.54. The zero-order valence-electron chi connectivity index (χ0n) is 10.0. The number of ether oxygens (including phenoxy) is 1. The molecule has 0 unspecified atom stereocenters. The average molecular weight is 246 g/mol. The molecule has 1 aromatic carbocycles. The molecule has 0 fully saturated rings. The van der Waals surface area contributed by atoms with Crippen LogP contribution in [-0.4, -0.2) is 14.7 Å². The van der Waals surface area contributed by atoms with Crippen molar-refractivity contribution in [2.24, 2.45) is 7.05 Å². The monoisotopic (exact) mass is 246 g/mol. The van der Waals surface area contributed by atoms with Gasteiger partial charge in [-0.05, 0) is 11.1 Å². The van der Waals surface area contributed by atoms with Crippen molar-refractivity contribution < 1.29 is 9.84 Å². The highest BCUT2D eigenvalue weighted by atomic mass is 16.5. The Morgan fingerprint density at radius 3 is 2.50 bits per heavy atom. The summed E-state index contributed by atoms with van der Waals surface area (Å²) in [7, 11) is 1.63. The second-order valence-corrected chi connectivity index (χ2v) is 3.92. The van der Waals surface area contributed by atoms with Crippen LogP contribution in [0.2, 0.25) is 0 Å². The lowest BCUT2D eigenvalue weighted by molar-refractivity contribution is 0.280. The molecule has 5 nitrogen and oxygen atoms in total. The summed E-state index contributed by atoms with van der Waals surface area (Å²) in [5.74, 6) is 0.310. The van der Waals surface area contributed by atoms with Crippen molar-refractivity contribution in [3.8, 4) is 5.88 Å². The van der Waals surface area contributed by atoms with E-state index >= 15 is 0 Å². The van der Waals surface area contributed by atoms with Crippen molar-refractivity contribution in [1.29, 1.82) is 0 Å². The van der Waals surface area contributed by atoms with E-state index in [0.29, 0.717) is 12.5 Å². The molecule has 0 aliphatic carbocycles. The van der Waals surface area contributed by atoms with Crippen LogP contribution in [0.25, 0.3) is 0 Å². The van der Waals surface area contributed by atoms with Crippen LogP contribution in [0.4, 0.5) is 0 Å². The van der Waals surface area contributed by atoms with E-state index < -0.39 is 0 Å². The zero-order chi connectivity index (χ0) is 13.0. The number of aliphatic hydroxyl groups is 1. The first-order chi connectivity index (χ1) is 8.69. The molecular weight excluding hydrogens is 232 g/mol. The second kappa shape index (κ2) is 5.46. The van der Waals surface area contributed by atoms with E-state index in [2.05, 4.69) is 4.98 Å². The molecule has 2 rings (SSSR count). The van der Waals surface area contributed by atoms with Gasteiger partial charge in [-0.2, -0.15) is 4.98 Å². The summed E-state index contributed by atoms with van der Waals surface area (Å²) in [6, 6.07) is 9.04. The summed E-state index contributed by atoms with van der Waals surface area (Å²) in [6.07, 6.45) is 1.61. The van der Waals surface area contributed by atoms with Gasteiger partial charge in [0.1, 0.15) is 6.61 Å². The lowest BCUT2D eigenvalue weighted by Gasteiger charge is -2.06. The molecule has 2 aromatic rings. The van der Waals surface area contributed by atoms with Crippen molar-refractivity contribution in [2.75, 3.05) is 0 Å². The minimum Gasteiger partial charge on any atom is -0.473 e. The Labute approximate surface area is 104 Å². The van der Waals surface area contributed by atoms with Gasteiger partial charge in [0.25, 0.3) is 0 Å². The minimum atomic E-state index is -0.344. The molecule has 0 atom stereocenters. The van der Waals surface area contributed by atoms with Crippen molar-refractivity contribution in [3.05, 3.63) is 58.1 Å². The van der Waals surface area contributed by atoms with Gasteiger partial charge in [0, 0.05) is 19.3 Å². The maximum Gasteiger partial charge on any atom is 0.350 e. The van der Waals surface area contributed by atoms with Crippen LogP contribution in [0.1, 0.15) is 11.1 Å². The summed E-state index contributed by atoms with van der Waals surface area (Å²) < 4.78 is 6.79. The average Bonchev–Trinajstić information content (AvgIpc) is 2.41. The third-order valence-electron chi connectivity index (χ3n) is 2.54. The molecule has 0 aliphatic heterocycles. The Balaban J connectivity index is 2.02. The molecule has 0 saturated heterocycles. The van der Waals surface area contributed by atoms with Gasteiger partial charge < -0.3 is 14.4 Å². The Morgan fingerprint density at radius 2 is 1.89 bits per heavy atom. The van der Waals surface area contributed by atoms with Gasteiger partial charge >= 0.3 is 5.69 Å². The molecule has 0 radical (unpaired) electrons. The van der Waals surface area contributed by atoms with E-state index in [4.69, 9.17) is 9.84 Å². The van der Waals surface area contributed by atoms with Crippen molar-refractivity contribution in [3.63, 3.8) is 0 Å². The number of benzene rings is 1. The van der Waals surface area contributed by atoms with E-state index in [1.807, 2.05) is 24.3 Å². The highest BCUT2D eigenvalue weighted by molar-refractivity contribution is 5.22. The lowest BCUT2D eigenvalue weighted by Crippen LogP contribution is -2.19. The Kier molecular flexibility index (Phi) is 3.74. The highest BCUT2D eigenvalue weighted by Gasteiger charge is 1.99. The quantitative estimate of drug-likeness (QED) is 0.868. The van der Waals surface area contributed by atoms with Gasteiger partial charge in [0.05, 0.1) is 6.61 Å². The van der Waals surface area contributed by atoms with Crippen LogP contribution in [0.15, 0.2) is 41.3 Å². The summed E-state index contributed by atoms with van der Waals surface area (Å²) in [4.78, 5) is 15.0. The molecular formula is C13H14N2O3. The van der Waals surface area contributed by atoms with E-state index in [1.165, 1.54) is 4.57 Å². The van der Waals surface area contributed by atoms with Crippen LogP contribution in [0, 0.1) is 0 Å². The molecule has 5 heteroatoms. The van der Waals surface area contributed by atoms with Gasteiger partial charge in [0.15, 0.2) is 0 Å². The predicted molar refractivity (Wildman–Crippen MR) is 66.2 cm³/mol. The standard InChI is InChI=1S/C13H14N2O3/c1-15-7-6-12(14-13(15)17)18-9-11-4-2-10(8-16)3-5-11/h2-7,16H,8-9H2,1H3. The van der Waals surface area contributed by atoms with E-state index in [0.717, 1.165) is 11.1 Å². The van der Waals surface area contributed by atoms with Crippen LogP contribution in [0.3, 0.4) is 0 Å². The van der Waals surface area contributed by atoms with Crippen molar-refractivity contribution in [2.45, 2.75) is 13.2 Å². The molecule has 0 saturated carbocycles. The maximum atomic E-state index is 11.3. The zero-order valence-corrected chi connectivity index (χ0v) is 10.0. The van der Waals surface area contributed by atoms with Crippen LogP contribution >= 0.6 is 0 Å². The number of hydrogen-bond acceptors (Lipinski definition) is 4. The number of hydrogen-bond donors (Lipinski definition) is 1. The molecule has 1 N–H and O–H groups in total.